The summed E-state index contributed by atoms with van der Waals surface area (Å²) < 4.78 is 11.1. The Balaban J connectivity index is 1.64. The van der Waals surface area contributed by atoms with E-state index in [-0.39, 0.29) is 5.91 Å². The third-order valence-electron chi connectivity index (χ3n) is 5.56. The molecule has 2 heterocycles. The Hall–Kier alpha value is -1.43. The average molecular weight is 346 g/mol. The minimum Gasteiger partial charge on any atom is -0.381 e. The van der Waals surface area contributed by atoms with Gasteiger partial charge in [-0.25, -0.2) is 0 Å². The van der Waals surface area contributed by atoms with Crippen LogP contribution in [0.25, 0.3) is 0 Å². The first-order chi connectivity index (χ1) is 12.1. The van der Waals surface area contributed by atoms with Gasteiger partial charge in [0.15, 0.2) is 0 Å². The maximum Gasteiger partial charge on any atom is 0.230 e. The number of carbonyl (C=O) groups excluding carboxylic acids is 1. The number of carbonyl (C=O) groups is 1. The molecule has 5 heteroatoms. The normalized spacial score (nSPS) is 23.4. The van der Waals surface area contributed by atoms with Crippen molar-refractivity contribution < 1.29 is 14.3 Å². The van der Waals surface area contributed by atoms with Gasteiger partial charge in [-0.3, -0.25) is 9.69 Å². The molecule has 0 spiro atoms. The number of morpholine rings is 1. The molecule has 0 saturated carbocycles. The Morgan fingerprint density at radius 1 is 1.20 bits per heavy atom. The molecule has 2 aliphatic heterocycles. The van der Waals surface area contributed by atoms with Crippen molar-refractivity contribution in [3.63, 3.8) is 0 Å². The maximum atomic E-state index is 12.9. The molecule has 1 N–H and O–H groups in total. The van der Waals surface area contributed by atoms with Crippen molar-refractivity contribution in [2.75, 3.05) is 46.1 Å². The molecule has 0 radical (unpaired) electrons. The number of benzene rings is 1. The number of nitrogens with one attached hydrogen (secondary N) is 1. The van der Waals surface area contributed by atoms with E-state index in [9.17, 15) is 4.79 Å². The van der Waals surface area contributed by atoms with Crippen LogP contribution in [0.15, 0.2) is 30.3 Å². The Morgan fingerprint density at radius 3 is 2.56 bits per heavy atom. The van der Waals surface area contributed by atoms with Crippen LogP contribution < -0.4 is 5.32 Å². The van der Waals surface area contributed by atoms with Gasteiger partial charge < -0.3 is 14.8 Å². The number of amides is 1. The van der Waals surface area contributed by atoms with Crippen molar-refractivity contribution in [2.24, 2.45) is 5.92 Å². The summed E-state index contributed by atoms with van der Waals surface area (Å²) in [5.74, 6) is 0.564. The Kier molecular flexibility index (Phi) is 6.10. The van der Waals surface area contributed by atoms with Crippen molar-refractivity contribution in [1.82, 2.24) is 10.2 Å². The molecule has 3 rings (SSSR count). The Morgan fingerprint density at radius 2 is 1.92 bits per heavy atom. The van der Waals surface area contributed by atoms with E-state index in [0.29, 0.717) is 18.5 Å². The molecule has 2 atom stereocenters. The highest BCUT2D eigenvalue weighted by molar-refractivity contribution is 5.87. The molecule has 25 heavy (non-hydrogen) atoms. The lowest BCUT2D eigenvalue weighted by atomic mass is 9.83. The largest absolute Gasteiger partial charge is 0.381 e. The summed E-state index contributed by atoms with van der Waals surface area (Å²) in [6.07, 6.45) is 1.07. The maximum absolute atomic E-state index is 12.9. The molecule has 2 fully saturated rings. The average Bonchev–Trinajstić information content (AvgIpc) is 3.18. The molecular formula is C20H30N2O3. The second-order valence-electron chi connectivity index (χ2n) is 7.54. The fourth-order valence-electron chi connectivity index (χ4n) is 3.76. The van der Waals surface area contributed by atoms with Gasteiger partial charge in [0.2, 0.25) is 5.91 Å². The summed E-state index contributed by atoms with van der Waals surface area (Å²) in [7, 11) is 0. The van der Waals surface area contributed by atoms with Crippen LogP contribution in [0.4, 0.5) is 0 Å². The van der Waals surface area contributed by atoms with Crippen LogP contribution >= 0.6 is 0 Å². The molecule has 138 valence electrons. The van der Waals surface area contributed by atoms with Gasteiger partial charge in [0.25, 0.3) is 0 Å². The van der Waals surface area contributed by atoms with Crippen molar-refractivity contribution in [1.29, 1.82) is 0 Å². The van der Waals surface area contributed by atoms with Crippen molar-refractivity contribution >= 4 is 5.91 Å². The van der Waals surface area contributed by atoms with Crippen LogP contribution in [-0.4, -0.2) is 62.9 Å². The monoisotopic (exact) mass is 346 g/mol. The van der Waals surface area contributed by atoms with E-state index in [4.69, 9.17) is 9.47 Å². The zero-order chi connectivity index (χ0) is 17.7. The van der Waals surface area contributed by atoms with Gasteiger partial charge >= 0.3 is 0 Å². The molecule has 1 aromatic carbocycles. The fraction of sp³-hybridized carbons (Fsp3) is 0.650. The summed E-state index contributed by atoms with van der Waals surface area (Å²) >= 11 is 0. The minimum atomic E-state index is -0.539. The number of ether oxygens (including phenoxy) is 2. The molecule has 2 saturated heterocycles. The fourth-order valence-corrected chi connectivity index (χ4v) is 3.76. The molecule has 0 aromatic heterocycles. The summed E-state index contributed by atoms with van der Waals surface area (Å²) in [6.45, 7) is 9.66. The molecule has 0 aliphatic carbocycles. The predicted molar refractivity (Wildman–Crippen MR) is 97.6 cm³/mol. The summed E-state index contributed by atoms with van der Waals surface area (Å²) in [5.41, 5.74) is 0.503. The first-order valence-electron chi connectivity index (χ1n) is 9.32. The van der Waals surface area contributed by atoms with Crippen LogP contribution in [0.5, 0.6) is 0 Å². The van der Waals surface area contributed by atoms with Crippen LogP contribution in [-0.2, 0) is 19.7 Å². The highest BCUT2D eigenvalue weighted by Gasteiger charge is 2.34. The first-order valence-corrected chi connectivity index (χ1v) is 9.32. The van der Waals surface area contributed by atoms with Crippen molar-refractivity contribution in [3.8, 4) is 0 Å². The third-order valence-corrected chi connectivity index (χ3v) is 5.56. The van der Waals surface area contributed by atoms with E-state index in [0.717, 1.165) is 51.5 Å². The Bertz CT molecular complexity index is 549. The van der Waals surface area contributed by atoms with E-state index in [2.05, 4.69) is 10.2 Å². The Labute approximate surface area is 150 Å². The van der Waals surface area contributed by atoms with Crippen LogP contribution in [0, 0.1) is 5.92 Å². The smallest absolute Gasteiger partial charge is 0.230 e. The van der Waals surface area contributed by atoms with E-state index in [1.807, 2.05) is 44.2 Å². The van der Waals surface area contributed by atoms with Gasteiger partial charge in [0.1, 0.15) is 0 Å². The van der Waals surface area contributed by atoms with Gasteiger partial charge in [0.05, 0.1) is 25.2 Å². The molecule has 1 aromatic rings. The zero-order valence-electron chi connectivity index (χ0n) is 15.4. The summed E-state index contributed by atoms with van der Waals surface area (Å²) in [5, 5.41) is 3.22. The van der Waals surface area contributed by atoms with E-state index >= 15 is 0 Å². The van der Waals surface area contributed by atoms with Crippen LogP contribution in [0.2, 0.25) is 0 Å². The van der Waals surface area contributed by atoms with Crippen molar-refractivity contribution in [2.45, 2.75) is 31.7 Å². The van der Waals surface area contributed by atoms with Crippen LogP contribution in [0.3, 0.4) is 0 Å². The van der Waals surface area contributed by atoms with Gasteiger partial charge in [-0.05, 0) is 25.8 Å². The number of nitrogens with zero attached hydrogens (tertiary/aromatic N) is 1. The van der Waals surface area contributed by atoms with Crippen LogP contribution in [0.1, 0.15) is 25.8 Å². The number of hydrogen-bond donors (Lipinski definition) is 1. The highest BCUT2D eigenvalue weighted by Crippen LogP contribution is 2.25. The lowest BCUT2D eigenvalue weighted by Gasteiger charge is -2.38. The van der Waals surface area contributed by atoms with E-state index in [1.165, 1.54) is 0 Å². The van der Waals surface area contributed by atoms with Crippen molar-refractivity contribution in [3.05, 3.63) is 35.9 Å². The molecule has 1 amide bonds. The summed E-state index contributed by atoms with van der Waals surface area (Å²) in [4.78, 5) is 15.3. The molecule has 0 unspecified atom stereocenters. The molecule has 5 nitrogen and oxygen atoms in total. The third kappa shape index (κ3) is 4.40. The lowest BCUT2D eigenvalue weighted by molar-refractivity contribution is -0.126. The highest BCUT2D eigenvalue weighted by atomic mass is 16.5. The topological polar surface area (TPSA) is 50.8 Å². The standard InChI is InChI=1S/C20H30N2O3/c1-20(2,17-6-4-3-5-7-17)19(23)21-14-18(16-8-11-25-15-16)22-9-12-24-13-10-22/h3-7,16,18H,8-15H2,1-2H3,(H,21,23)/t16-,18+/m0/s1. The molecule has 0 bridgehead atoms. The number of rotatable bonds is 6. The lowest BCUT2D eigenvalue weighted by Crippen LogP contribution is -2.54. The zero-order valence-corrected chi connectivity index (χ0v) is 15.4. The van der Waals surface area contributed by atoms with E-state index < -0.39 is 5.41 Å². The summed E-state index contributed by atoms with van der Waals surface area (Å²) in [6, 6.07) is 10.3. The predicted octanol–water partition coefficient (Wildman–Crippen LogP) is 1.82. The van der Waals surface area contributed by atoms with E-state index in [1.54, 1.807) is 0 Å². The van der Waals surface area contributed by atoms with Gasteiger partial charge in [-0.15, -0.1) is 0 Å². The second-order valence-corrected chi connectivity index (χ2v) is 7.54. The number of hydrogen-bond acceptors (Lipinski definition) is 4. The SMILES string of the molecule is CC(C)(C(=O)NC[C@H]([C@H]1CCOC1)N1CCOCC1)c1ccccc1. The van der Waals surface area contributed by atoms with Gasteiger partial charge in [0, 0.05) is 38.2 Å². The molecule has 2 aliphatic rings. The van der Waals surface area contributed by atoms with Gasteiger partial charge in [-0.1, -0.05) is 30.3 Å². The second kappa shape index (κ2) is 8.30. The van der Waals surface area contributed by atoms with Gasteiger partial charge in [-0.2, -0.15) is 0 Å². The quantitative estimate of drug-likeness (QED) is 0.854. The minimum absolute atomic E-state index is 0.0795. The molecular weight excluding hydrogens is 316 g/mol. The first kappa shape index (κ1) is 18.4.